The van der Waals surface area contributed by atoms with E-state index in [2.05, 4.69) is 0 Å². The number of hydrogen-bond acceptors (Lipinski definition) is 8. The van der Waals surface area contributed by atoms with Crippen molar-refractivity contribution in [1.82, 2.24) is 0 Å². The summed E-state index contributed by atoms with van der Waals surface area (Å²) in [4.78, 5) is 0. The molecule has 0 radical (unpaired) electrons. The summed E-state index contributed by atoms with van der Waals surface area (Å²) in [5, 5.41) is 42.9. The van der Waals surface area contributed by atoms with Crippen LogP contribution in [0.25, 0.3) is 0 Å². The number of rotatable bonds is 9. The predicted octanol–water partition coefficient (Wildman–Crippen LogP) is 6.74. The summed E-state index contributed by atoms with van der Waals surface area (Å²) in [5.74, 6) is 0.527. The molecule has 0 saturated heterocycles. The van der Waals surface area contributed by atoms with Crippen molar-refractivity contribution >= 4 is 0 Å². The molecule has 0 heterocycles. The topological polar surface area (TPSA) is 118 Å². The zero-order valence-electron chi connectivity index (χ0n) is 25.2. The lowest BCUT2D eigenvalue weighted by Gasteiger charge is -2.32. The number of methoxy groups -OCH3 is 4. The van der Waals surface area contributed by atoms with Gasteiger partial charge in [-0.15, -0.1) is 0 Å². The molecule has 4 N–H and O–H groups in total. The number of hydrogen-bond donors (Lipinski definition) is 4. The SMILES string of the molecule is COc1cc(C(c2cc(C)c(O)c(OC)c2)C(c2cc(C)c(O)c(OC)c2)c2cc(C)c(O)c(OC)c2)cc(C)c1O. The summed E-state index contributed by atoms with van der Waals surface area (Å²) in [5.41, 5.74) is 5.73. The Hall–Kier alpha value is -4.72. The highest BCUT2D eigenvalue weighted by atomic mass is 16.5. The molecular formula is C34H38O8. The average molecular weight is 575 g/mol. The van der Waals surface area contributed by atoms with Gasteiger partial charge in [0, 0.05) is 11.8 Å². The van der Waals surface area contributed by atoms with Crippen LogP contribution in [0.1, 0.15) is 56.3 Å². The van der Waals surface area contributed by atoms with Crippen LogP contribution in [0.15, 0.2) is 48.5 Å². The van der Waals surface area contributed by atoms with Gasteiger partial charge in [0.1, 0.15) is 0 Å². The number of aromatic hydroxyl groups is 4. The molecule has 42 heavy (non-hydrogen) atoms. The average Bonchev–Trinajstić information content (AvgIpc) is 2.97. The van der Waals surface area contributed by atoms with Crippen molar-refractivity contribution in [1.29, 1.82) is 0 Å². The summed E-state index contributed by atoms with van der Waals surface area (Å²) < 4.78 is 22.2. The van der Waals surface area contributed by atoms with Crippen molar-refractivity contribution in [2.24, 2.45) is 0 Å². The van der Waals surface area contributed by atoms with E-state index >= 15 is 0 Å². The van der Waals surface area contributed by atoms with E-state index in [0.717, 1.165) is 22.3 Å². The van der Waals surface area contributed by atoms with E-state index in [0.29, 0.717) is 45.3 Å². The number of phenols is 4. The minimum Gasteiger partial charge on any atom is -0.504 e. The minimum atomic E-state index is -0.450. The Bertz CT molecular complexity index is 1390. The van der Waals surface area contributed by atoms with Crippen LogP contribution < -0.4 is 18.9 Å². The molecule has 0 fully saturated rings. The van der Waals surface area contributed by atoms with Gasteiger partial charge in [-0.2, -0.15) is 0 Å². The normalized spacial score (nSPS) is 11.2. The molecule has 0 spiro atoms. The molecule has 0 aliphatic heterocycles. The van der Waals surface area contributed by atoms with Gasteiger partial charge in [-0.05, 0) is 96.5 Å². The number of phenolic OH excluding ortho intramolecular Hbond substituents is 4. The standard InChI is InChI=1S/C34H38O8/c1-17-9-21(13-25(39-5)31(17)35)29(22-10-18(2)32(36)26(14-22)40-6)30(23-11-19(3)33(37)27(15-23)41-7)24-12-20(4)34(38)28(16-24)42-8/h9-16,29-30,35-38H,1-8H3. The maximum atomic E-state index is 10.7. The van der Waals surface area contributed by atoms with Crippen LogP contribution in [-0.4, -0.2) is 48.9 Å². The van der Waals surface area contributed by atoms with Crippen molar-refractivity contribution in [3.8, 4) is 46.0 Å². The van der Waals surface area contributed by atoms with Crippen molar-refractivity contribution in [3.05, 3.63) is 93.0 Å². The fourth-order valence-corrected chi connectivity index (χ4v) is 5.59. The van der Waals surface area contributed by atoms with E-state index in [4.69, 9.17) is 18.9 Å². The molecule has 4 aromatic carbocycles. The summed E-state index contributed by atoms with van der Waals surface area (Å²) in [7, 11) is 6.00. The Kier molecular flexibility index (Phi) is 8.66. The van der Waals surface area contributed by atoms with Gasteiger partial charge < -0.3 is 39.4 Å². The van der Waals surface area contributed by atoms with Crippen molar-refractivity contribution in [2.45, 2.75) is 39.5 Å². The van der Waals surface area contributed by atoms with Crippen molar-refractivity contribution in [3.63, 3.8) is 0 Å². The van der Waals surface area contributed by atoms with Crippen LogP contribution in [0, 0.1) is 27.7 Å². The molecular weight excluding hydrogens is 536 g/mol. The molecule has 0 aromatic heterocycles. The van der Waals surface area contributed by atoms with E-state index in [1.807, 2.05) is 24.3 Å². The fourth-order valence-electron chi connectivity index (χ4n) is 5.59. The molecule has 0 unspecified atom stereocenters. The van der Waals surface area contributed by atoms with Crippen LogP contribution in [0.5, 0.6) is 46.0 Å². The molecule has 0 atom stereocenters. The lowest BCUT2D eigenvalue weighted by molar-refractivity contribution is 0.368. The zero-order valence-corrected chi connectivity index (χ0v) is 25.2. The zero-order chi connectivity index (χ0) is 30.9. The second kappa shape index (κ2) is 12.0. The van der Waals surface area contributed by atoms with Gasteiger partial charge in [-0.25, -0.2) is 0 Å². The molecule has 0 aliphatic carbocycles. The Morgan fingerprint density at radius 1 is 0.381 bits per heavy atom. The van der Waals surface area contributed by atoms with Crippen LogP contribution in [-0.2, 0) is 0 Å². The maximum Gasteiger partial charge on any atom is 0.161 e. The third-order valence-corrected chi connectivity index (χ3v) is 7.80. The third-order valence-electron chi connectivity index (χ3n) is 7.80. The first-order valence-electron chi connectivity index (χ1n) is 13.5. The second-order valence-corrected chi connectivity index (χ2v) is 10.5. The second-order valence-electron chi connectivity index (χ2n) is 10.5. The van der Waals surface area contributed by atoms with Gasteiger partial charge in [0.05, 0.1) is 28.4 Å². The van der Waals surface area contributed by atoms with Gasteiger partial charge in [0.15, 0.2) is 46.0 Å². The monoisotopic (exact) mass is 574 g/mol. The van der Waals surface area contributed by atoms with Gasteiger partial charge in [0.2, 0.25) is 0 Å². The first-order valence-corrected chi connectivity index (χ1v) is 13.5. The third kappa shape index (κ3) is 5.44. The van der Waals surface area contributed by atoms with Crippen LogP contribution in [0.2, 0.25) is 0 Å². The highest BCUT2D eigenvalue weighted by Gasteiger charge is 2.33. The Balaban J connectivity index is 2.18. The van der Waals surface area contributed by atoms with E-state index in [1.54, 1.807) is 52.0 Å². The van der Waals surface area contributed by atoms with Crippen molar-refractivity contribution in [2.75, 3.05) is 28.4 Å². The van der Waals surface area contributed by atoms with E-state index < -0.39 is 11.8 Å². The highest BCUT2D eigenvalue weighted by Crippen LogP contribution is 2.50. The van der Waals surface area contributed by atoms with E-state index in [9.17, 15) is 20.4 Å². The highest BCUT2D eigenvalue weighted by molar-refractivity contribution is 5.60. The smallest absolute Gasteiger partial charge is 0.161 e. The Morgan fingerprint density at radius 3 is 0.738 bits per heavy atom. The summed E-state index contributed by atoms with van der Waals surface area (Å²) in [6.07, 6.45) is 0. The molecule has 0 bridgehead atoms. The molecule has 4 rings (SSSR count). The first-order chi connectivity index (χ1) is 19.9. The van der Waals surface area contributed by atoms with Crippen LogP contribution >= 0.6 is 0 Å². The van der Waals surface area contributed by atoms with E-state index in [1.165, 1.54) is 28.4 Å². The minimum absolute atomic E-state index is 0.0420. The molecule has 4 aromatic rings. The summed E-state index contributed by atoms with van der Waals surface area (Å²) in [6.45, 7) is 7.21. The molecule has 0 aliphatic rings. The summed E-state index contributed by atoms with van der Waals surface area (Å²) >= 11 is 0. The number of benzene rings is 4. The Labute approximate surface area is 246 Å². The van der Waals surface area contributed by atoms with Crippen LogP contribution in [0.3, 0.4) is 0 Å². The van der Waals surface area contributed by atoms with Crippen LogP contribution in [0.4, 0.5) is 0 Å². The lowest BCUT2D eigenvalue weighted by atomic mass is 9.72. The molecule has 8 nitrogen and oxygen atoms in total. The molecule has 8 heteroatoms. The lowest BCUT2D eigenvalue weighted by Crippen LogP contribution is -2.16. The van der Waals surface area contributed by atoms with E-state index in [-0.39, 0.29) is 23.0 Å². The number of aryl methyl sites for hydroxylation is 4. The fraction of sp³-hybridized carbons (Fsp3) is 0.294. The van der Waals surface area contributed by atoms with Crippen molar-refractivity contribution < 1.29 is 39.4 Å². The largest absolute Gasteiger partial charge is 0.504 e. The maximum absolute atomic E-state index is 10.7. The molecule has 0 amide bonds. The molecule has 0 saturated carbocycles. The molecule has 222 valence electrons. The first kappa shape index (κ1) is 30.2. The number of ether oxygens (including phenoxy) is 4. The van der Waals surface area contributed by atoms with Gasteiger partial charge in [-0.1, -0.05) is 24.3 Å². The quantitative estimate of drug-likeness (QED) is 0.174. The predicted molar refractivity (Wildman–Crippen MR) is 161 cm³/mol. The summed E-state index contributed by atoms with van der Waals surface area (Å²) in [6, 6.07) is 14.8. The van der Waals surface area contributed by atoms with Gasteiger partial charge in [0.25, 0.3) is 0 Å². The van der Waals surface area contributed by atoms with Gasteiger partial charge in [-0.3, -0.25) is 0 Å². The van der Waals surface area contributed by atoms with Gasteiger partial charge >= 0.3 is 0 Å². The Morgan fingerprint density at radius 2 is 0.571 bits per heavy atom.